The first-order chi connectivity index (χ1) is 6.33. The summed E-state index contributed by atoms with van der Waals surface area (Å²) in [5, 5.41) is 7.47. The third kappa shape index (κ3) is 1.43. The predicted octanol–water partition coefficient (Wildman–Crippen LogP) is 2.17. The molecule has 1 heterocycles. The Hall–Kier alpha value is -1.00. The molecule has 1 aromatic carbocycles. The van der Waals surface area contributed by atoms with Crippen molar-refractivity contribution in [2.75, 3.05) is 0 Å². The van der Waals surface area contributed by atoms with Crippen LogP contribution in [0.5, 0.6) is 0 Å². The molecule has 1 N–H and O–H groups in total. The molecule has 0 saturated carbocycles. The third-order valence-corrected chi connectivity index (χ3v) is 2.77. The first kappa shape index (κ1) is 8.59. The molecule has 13 heavy (non-hydrogen) atoms. The van der Waals surface area contributed by atoms with E-state index in [1.165, 1.54) is 0 Å². The number of hydrogen-bond acceptors (Lipinski definition) is 3. The quantitative estimate of drug-likeness (QED) is 0.788. The van der Waals surface area contributed by atoms with Crippen LogP contribution in [0.3, 0.4) is 0 Å². The topological polar surface area (TPSA) is 45.8 Å². The molecule has 1 aromatic heterocycles. The van der Waals surface area contributed by atoms with Crippen LogP contribution in [0.1, 0.15) is 0 Å². The van der Waals surface area contributed by atoms with Crippen molar-refractivity contribution in [3.05, 3.63) is 34.7 Å². The van der Waals surface area contributed by atoms with Gasteiger partial charge in [0, 0.05) is 10.3 Å². The van der Waals surface area contributed by atoms with E-state index < -0.39 is 0 Å². The first-order valence-corrected chi connectivity index (χ1v) is 5.22. The SMILES string of the molecule is O=c1[nH]ncc2c(SCl)cccc12. The number of hydrogen-bond donors (Lipinski definition) is 1. The van der Waals surface area contributed by atoms with Crippen molar-refractivity contribution in [3.63, 3.8) is 0 Å². The van der Waals surface area contributed by atoms with Gasteiger partial charge in [-0.3, -0.25) is 4.79 Å². The minimum Gasteiger partial charge on any atom is -0.267 e. The zero-order valence-electron chi connectivity index (χ0n) is 6.45. The molecule has 0 amide bonds. The minimum atomic E-state index is -0.190. The van der Waals surface area contributed by atoms with Crippen LogP contribution in [0.4, 0.5) is 0 Å². The highest BCUT2D eigenvalue weighted by molar-refractivity contribution is 8.21. The van der Waals surface area contributed by atoms with E-state index in [4.69, 9.17) is 10.7 Å². The Morgan fingerprint density at radius 3 is 3.00 bits per heavy atom. The number of rotatable bonds is 1. The molecule has 3 nitrogen and oxygen atoms in total. The molecule has 0 fully saturated rings. The zero-order chi connectivity index (χ0) is 9.26. The fraction of sp³-hybridized carbons (Fsp3) is 0. The molecule has 0 spiro atoms. The fourth-order valence-corrected chi connectivity index (χ4v) is 1.94. The molecule has 0 saturated heterocycles. The number of aromatic nitrogens is 2. The lowest BCUT2D eigenvalue weighted by atomic mass is 10.2. The average Bonchev–Trinajstić information content (AvgIpc) is 2.18. The maximum absolute atomic E-state index is 11.3. The maximum atomic E-state index is 11.3. The van der Waals surface area contributed by atoms with Crippen molar-refractivity contribution >= 4 is 32.4 Å². The molecule has 0 unspecified atom stereocenters. The fourth-order valence-electron chi connectivity index (χ4n) is 1.16. The van der Waals surface area contributed by atoms with Crippen LogP contribution in [0.25, 0.3) is 10.8 Å². The molecule has 66 valence electrons. The molecular weight excluding hydrogens is 208 g/mol. The predicted molar refractivity (Wildman–Crippen MR) is 54.1 cm³/mol. The molecule has 2 aromatic rings. The van der Waals surface area contributed by atoms with Crippen LogP contribution in [0.2, 0.25) is 0 Å². The van der Waals surface area contributed by atoms with Gasteiger partial charge in [-0.1, -0.05) is 6.07 Å². The summed E-state index contributed by atoms with van der Waals surface area (Å²) in [6.45, 7) is 0. The molecule has 2 rings (SSSR count). The molecule has 0 radical (unpaired) electrons. The second kappa shape index (κ2) is 3.40. The molecule has 0 bridgehead atoms. The number of aromatic amines is 1. The van der Waals surface area contributed by atoms with Gasteiger partial charge in [0.25, 0.3) is 5.56 Å². The summed E-state index contributed by atoms with van der Waals surface area (Å²) in [6, 6.07) is 5.38. The van der Waals surface area contributed by atoms with Crippen molar-refractivity contribution < 1.29 is 0 Å². The van der Waals surface area contributed by atoms with E-state index >= 15 is 0 Å². The van der Waals surface area contributed by atoms with Crippen molar-refractivity contribution in [1.82, 2.24) is 10.2 Å². The highest BCUT2D eigenvalue weighted by atomic mass is 35.7. The lowest BCUT2D eigenvalue weighted by Crippen LogP contribution is -2.07. The molecule has 0 aliphatic rings. The van der Waals surface area contributed by atoms with Gasteiger partial charge in [-0.2, -0.15) is 5.10 Å². The summed E-state index contributed by atoms with van der Waals surface area (Å²) >= 11 is 0. The Morgan fingerprint density at radius 1 is 1.38 bits per heavy atom. The van der Waals surface area contributed by atoms with Gasteiger partial charge in [-0.25, -0.2) is 5.10 Å². The van der Waals surface area contributed by atoms with E-state index in [-0.39, 0.29) is 5.56 Å². The maximum Gasteiger partial charge on any atom is 0.272 e. The van der Waals surface area contributed by atoms with Crippen LogP contribution in [-0.4, -0.2) is 10.2 Å². The first-order valence-electron chi connectivity index (χ1n) is 3.58. The number of benzene rings is 1. The molecule has 0 aliphatic carbocycles. The molecule has 0 aliphatic heterocycles. The number of nitrogens with zero attached hydrogens (tertiary/aromatic N) is 1. The average molecular weight is 213 g/mol. The van der Waals surface area contributed by atoms with Gasteiger partial charge in [-0.05, 0) is 33.8 Å². The van der Waals surface area contributed by atoms with Gasteiger partial charge in [0.1, 0.15) is 0 Å². The van der Waals surface area contributed by atoms with Gasteiger partial charge in [-0.15, -0.1) is 0 Å². The summed E-state index contributed by atoms with van der Waals surface area (Å²) in [6.07, 6.45) is 1.60. The Kier molecular flexibility index (Phi) is 2.24. The summed E-state index contributed by atoms with van der Waals surface area (Å²) < 4.78 is 0. The molecule has 5 heteroatoms. The second-order valence-corrected chi connectivity index (χ2v) is 3.55. The number of halogens is 1. The standard InChI is InChI=1S/C8H5ClN2OS/c9-13-7-3-1-2-5-6(7)4-10-11-8(5)12/h1-4H,(H,11,12). The molecule has 0 atom stereocenters. The van der Waals surface area contributed by atoms with Gasteiger partial charge in [0.2, 0.25) is 0 Å². The highest BCUT2D eigenvalue weighted by Gasteiger charge is 2.02. The number of fused-ring (bicyclic) bond motifs is 1. The lowest BCUT2D eigenvalue weighted by molar-refractivity contribution is 1.01. The van der Waals surface area contributed by atoms with Gasteiger partial charge < -0.3 is 0 Å². The Bertz CT molecular complexity index is 497. The van der Waals surface area contributed by atoms with E-state index in [9.17, 15) is 4.79 Å². The summed E-state index contributed by atoms with van der Waals surface area (Å²) in [7, 11) is 6.72. The van der Waals surface area contributed by atoms with Crippen molar-refractivity contribution in [2.24, 2.45) is 0 Å². The van der Waals surface area contributed by atoms with Crippen molar-refractivity contribution in [3.8, 4) is 0 Å². The van der Waals surface area contributed by atoms with Gasteiger partial charge in [0.05, 0.1) is 11.6 Å². The van der Waals surface area contributed by atoms with Crippen LogP contribution in [-0.2, 0) is 0 Å². The molecular formula is C8H5ClN2OS. The zero-order valence-corrected chi connectivity index (χ0v) is 8.02. The van der Waals surface area contributed by atoms with Crippen molar-refractivity contribution in [1.29, 1.82) is 0 Å². The van der Waals surface area contributed by atoms with Crippen LogP contribution < -0.4 is 5.56 Å². The Morgan fingerprint density at radius 2 is 2.23 bits per heavy atom. The number of H-pyrrole nitrogens is 1. The highest BCUT2D eigenvalue weighted by Crippen LogP contribution is 2.27. The minimum absolute atomic E-state index is 0.190. The normalized spacial score (nSPS) is 10.5. The number of nitrogens with one attached hydrogen (secondary N) is 1. The Balaban J connectivity index is 2.92. The van der Waals surface area contributed by atoms with E-state index in [0.717, 1.165) is 21.3 Å². The summed E-state index contributed by atoms with van der Waals surface area (Å²) in [5.41, 5.74) is -0.190. The smallest absolute Gasteiger partial charge is 0.267 e. The van der Waals surface area contributed by atoms with E-state index in [0.29, 0.717) is 5.39 Å². The second-order valence-electron chi connectivity index (χ2n) is 2.49. The van der Waals surface area contributed by atoms with Crippen LogP contribution in [0.15, 0.2) is 34.1 Å². The van der Waals surface area contributed by atoms with E-state index in [2.05, 4.69) is 10.2 Å². The van der Waals surface area contributed by atoms with Crippen LogP contribution in [0, 0.1) is 0 Å². The lowest BCUT2D eigenvalue weighted by Gasteiger charge is -1.99. The van der Waals surface area contributed by atoms with E-state index in [1.54, 1.807) is 18.3 Å². The largest absolute Gasteiger partial charge is 0.272 e. The summed E-state index contributed by atoms with van der Waals surface area (Å²) in [4.78, 5) is 12.1. The summed E-state index contributed by atoms with van der Waals surface area (Å²) in [5.74, 6) is 0. The monoisotopic (exact) mass is 212 g/mol. The van der Waals surface area contributed by atoms with E-state index in [1.807, 2.05) is 6.07 Å². The third-order valence-electron chi connectivity index (χ3n) is 1.75. The van der Waals surface area contributed by atoms with Crippen molar-refractivity contribution in [2.45, 2.75) is 4.90 Å². The van der Waals surface area contributed by atoms with Gasteiger partial charge in [0.15, 0.2) is 0 Å². The van der Waals surface area contributed by atoms with Crippen LogP contribution >= 0.6 is 21.7 Å². The Labute approximate surface area is 82.6 Å². The van der Waals surface area contributed by atoms with Gasteiger partial charge >= 0.3 is 0 Å².